The van der Waals surface area contributed by atoms with Crippen LogP contribution in [0.5, 0.6) is 0 Å². The molecule has 2 atom stereocenters. The highest BCUT2D eigenvalue weighted by Crippen LogP contribution is 2.26. The second-order valence-corrected chi connectivity index (χ2v) is 10.3. The molecule has 0 aliphatic carbocycles. The van der Waals surface area contributed by atoms with Gasteiger partial charge in [-0.3, -0.25) is 0 Å². The third-order valence-corrected chi connectivity index (χ3v) is 8.20. The molecule has 1 N–H and O–H groups in total. The molecular weight excluding hydrogens is 346 g/mol. The van der Waals surface area contributed by atoms with Gasteiger partial charge in [0.15, 0.2) is 19.7 Å². The number of benzene rings is 1. The minimum Gasteiger partial charge on any atom is -0.312 e. The van der Waals surface area contributed by atoms with E-state index in [9.17, 15) is 16.8 Å². The van der Waals surface area contributed by atoms with Crippen molar-refractivity contribution in [3.05, 3.63) is 29.3 Å². The van der Waals surface area contributed by atoms with Crippen LogP contribution in [-0.4, -0.2) is 46.2 Å². The molecule has 0 saturated carbocycles. The SMILES string of the molecule is CCCCN[C@H]1CS(=O)(=O)C[C@@H]1S(=O)(=O)c1ccc(Cl)cc1. The minimum absolute atomic E-state index is 0.112. The molecule has 0 bridgehead atoms. The van der Waals surface area contributed by atoms with E-state index >= 15 is 0 Å². The highest BCUT2D eigenvalue weighted by atomic mass is 35.5. The van der Waals surface area contributed by atoms with Crippen molar-refractivity contribution in [3.63, 3.8) is 0 Å². The Morgan fingerprint density at radius 2 is 1.86 bits per heavy atom. The van der Waals surface area contributed by atoms with Crippen molar-refractivity contribution in [1.29, 1.82) is 0 Å². The Bertz CT molecular complexity index is 714. The molecule has 0 spiro atoms. The Labute approximate surface area is 136 Å². The molecule has 0 unspecified atom stereocenters. The summed E-state index contributed by atoms with van der Waals surface area (Å²) in [5.41, 5.74) is 0. The topological polar surface area (TPSA) is 80.3 Å². The summed E-state index contributed by atoms with van der Waals surface area (Å²) in [7, 11) is -7.06. The van der Waals surface area contributed by atoms with E-state index in [-0.39, 0.29) is 16.4 Å². The smallest absolute Gasteiger partial charge is 0.183 e. The number of hydrogen-bond acceptors (Lipinski definition) is 5. The number of hydrogen-bond donors (Lipinski definition) is 1. The van der Waals surface area contributed by atoms with Crippen LogP contribution in [0.15, 0.2) is 29.2 Å². The van der Waals surface area contributed by atoms with Crippen molar-refractivity contribution in [2.45, 2.75) is 36.0 Å². The first-order valence-electron chi connectivity index (χ1n) is 7.19. The Balaban J connectivity index is 2.28. The summed E-state index contributed by atoms with van der Waals surface area (Å²) in [6.45, 7) is 2.64. The van der Waals surface area contributed by atoms with E-state index in [0.717, 1.165) is 12.8 Å². The van der Waals surface area contributed by atoms with Crippen LogP contribution in [0, 0.1) is 0 Å². The van der Waals surface area contributed by atoms with Gasteiger partial charge in [-0.05, 0) is 37.2 Å². The molecule has 1 heterocycles. The fourth-order valence-electron chi connectivity index (χ4n) is 2.57. The Kier molecular flexibility index (Phi) is 5.53. The second kappa shape index (κ2) is 6.86. The van der Waals surface area contributed by atoms with Gasteiger partial charge in [-0.1, -0.05) is 24.9 Å². The summed E-state index contributed by atoms with van der Waals surface area (Å²) < 4.78 is 49.2. The van der Waals surface area contributed by atoms with Crippen LogP contribution in [-0.2, 0) is 19.7 Å². The third-order valence-electron chi connectivity index (χ3n) is 3.78. The predicted molar refractivity (Wildman–Crippen MR) is 87.8 cm³/mol. The van der Waals surface area contributed by atoms with Gasteiger partial charge in [0.05, 0.1) is 21.7 Å². The van der Waals surface area contributed by atoms with Gasteiger partial charge in [0, 0.05) is 11.1 Å². The Hall–Kier alpha value is -0.630. The summed E-state index contributed by atoms with van der Waals surface area (Å²) >= 11 is 5.78. The van der Waals surface area contributed by atoms with Crippen LogP contribution in [0.3, 0.4) is 0 Å². The molecule has 1 aromatic rings. The average molecular weight is 366 g/mol. The maximum Gasteiger partial charge on any atom is 0.183 e. The number of halogens is 1. The van der Waals surface area contributed by atoms with Gasteiger partial charge in [-0.15, -0.1) is 0 Å². The summed E-state index contributed by atoms with van der Waals surface area (Å²) in [6.07, 6.45) is 1.84. The van der Waals surface area contributed by atoms with Crippen LogP contribution in [0.2, 0.25) is 5.02 Å². The molecular formula is C14H20ClNO4S2. The van der Waals surface area contributed by atoms with Crippen molar-refractivity contribution in [3.8, 4) is 0 Å². The monoisotopic (exact) mass is 365 g/mol. The van der Waals surface area contributed by atoms with E-state index in [2.05, 4.69) is 5.32 Å². The van der Waals surface area contributed by atoms with E-state index in [0.29, 0.717) is 11.6 Å². The predicted octanol–water partition coefficient (Wildman–Crippen LogP) is 1.67. The quantitative estimate of drug-likeness (QED) is 0.775. The van der Waals surface area contributed by atoms with Crippen LogP contribution in [0.1, 0.15) is 19.8 Å². The molecule has 1 fully saturated rings. The van der Waals surface area contributed by atoms with E-state index in [1.165, 1.54) is 24.3 Å². The molecule has 0 radical (unpaired) electrons. The Morgan fingerprint density at radius 1 is 1.23 bits per heavy atom. The highest BCUT2D eigenvalue weighted by molar-refractivity contribution is 7.96. The number of sulfone groups is 2. The van der Waals surface area contributed by atoms with Crippen LogP contribution in [0.4, 0.5) is 0 Å². The molecule has 22 heavy (non-hydrogen) atoms. The van der Waals surface area contributed by atoms with Crippen molar-refractivity contribution in [2.75, 3.05) is 18.1 Å². The Morgan fingerprint density at radius 3 is 2.45 bits per heavy atom. The zero-order valence-electron chi connectivity index (χ0n) is 12.3. The normalized spacial score (nSPS) is 24.5. The third kappa shape index (κ3) is 4.01. The lowest BCUT2D eigenvalue weighted by atomic mass is 10.2. The van der Waals surface area contributed by atoms with Gasteiger partial charge in [-0.2, -0.15) is 0 Å². The standard InChI is InChI=1S/C14H20ClNO4S2/c1-2-3-8-16-13-9-21(17,18)10-14(13)22(19,20)12-6-4-11(15)5-7-12/h4-7,13-14,16H,2-3,8-10H2,1H3/t13-,14-/m0/s1. The summed E-state index contributed by atoms with van der Waals surface area (Å²) in [4.78, 5) is 0.112. The first kappa shape index (κ1) is 17.7. The lowest BCUT2D eigenvalue weighted by Gasteiger charge is -2.20. The molecule has 1 saturated heterocycles. The molecule has 2 rings (SSSR count). The molecule has 1 aliphatic rings. The first-order valence-corrected chi connectivity index (χ1v) is 10.9. The van der Waals surface area contributed by atoms with Crippen molar-refractivity contribution in [1.82, 2.24) is 5.32 Å². The van der Waals surface area contributed by atoms with Gasteiger partial charge in [0.25, 0.3) is 0 Å². The summed E-state index contributed by atoms with van der Waals surface area (Å²) in [5.74, 6) is -0.462. The molecule has 8 heteroatoms. The molecule has 5 nitrogen and oxygen atoms in total. The zero-order chi connectivity index (χ0) is 16.4. The first-order chi connectivity index (χ1) is 10.3. The molecule has 0 amide bonds. The lowest BCUT2D eigenvalue weighted by Crippen LogP contribution is -2.43. The largest absolute Gasteiger partial charge is 0.312 e. The van der Waals surface area contributed by atoms with Gasteiger partial charge < -0.3 is 5.32 Å². The van der Waals surface area contributed by atoms with Crippen molar-refractivity contribution >= 4 is 31.3 Å². The van der Waals surface area contributed by atoms with Crippen LogP contribution < -0.4 is 5.32 Å². The summed E-state index contributed by atoms with van der Waals surface area (Å²) in [6, 6.07) is 5.28. The van der Waals surface area contributed by atoms with E-state index in [1.54, 1.807) is 0 Å². The number of unbranched alkanes of at least 4 members (excludes halogenated alkanes) is 1. The highest BCUT2D eigenvalue weighted by Gasteiger charge is 2.45. The maximum absolute atomic E-state index is 12.7. The van der Waals surface area contributed by atoms with E-state index < -0.39 is 31.0 Å². The summed E-state index contributed by atoms with van der Waals surface area (Å²) in [5, 5.41) is 2.58. The van der Waals surface area contributed by atoms with Crippen molar-refractivity contribution in [2.24, 2.45) is 0 Å². The molecule has 124 valence electrons. The maximum atomic E-state index is 12.7. The fraction of sp³-hybridized carbons (Fsp3) is 0.571. The number of rotatable bonds is 6. The fourth-order valence-corrected chi connectivity index (χ4v) is 7.42. The van der Waals surface area contributed by atoms with Gasteiger partial charge in [-0.25, -0.2) is 16.8 Å². The van der Waals surface area contributed by atoms with Gasteiger partial charge in [0.2, 0.25) is 0 Å². The average Bonchev–Trinajstić information content (AvgIpc) is 2.75. The molecule has 0 aromatic heterocycles. The second-order valence-electron chi connectivity index (χ2n) is 5.53. The van der Waals surface area contributed by atoms with Gasteiger partial charge >= 0.3 is 0 Å². The van der Waals surface area contributed by atoms with E-state index in [1.807, 2.05) is 6.92 Å². The van der Waals surface area contributed by atoms with Crippen LogP contribution >= 0.6 is 11.6 Å². The van der Waals surface area contributed by atoms with Crippen LogP contribution in [0.25, 0.3) is 0 Å². The van der Waals surface area contributed by atoms with Crippen molar-refractivity contribution < 1.29 is 16.8 Å². The minimum atomic E-state index is -3.71. The number of nitrogens with one attached hydrogen (secondary N) is 1. The van der Waals surface area contributed by atoms with E-state index in [4.69, 9.17) is 11.6 Å². The zero-order valence-corrected chi connectivity index (χ0v) is 14.7. The molecule has 1 aliphatic heterocycles. The lowest BCUT2D eigenvalue weighted by molar-refractivity contribution is 0.518. The van der Waals surface area contributed by atoms with Gasteiger partial charge in [0.1, 0.15) is 0 Å². The molecule has 1 aromatic carbocycles.